The number of benzene rings is 1. The Balaban J connectivity index is 1.61. The Morgan fingerprint density at radius 1 is 1.16 bits per heavy atom. The van der Waals surface area contributed by atoms with Gasteiger partial charge in [-0.15, -0.1) is 0 Å². The Kier molecular flexibility index (Phi) is 6.21. The van der Waals surface area contributed by atoms with Crippen molar-refractivity contribution in [1.29, 1.82) is 0 Å². The summed E-state index contributed by atoms with van der Waals surface area (Å²) in [6.45, 7) is 5.14. The second-order valence-electron chi connectivity index (χ2n) is 8.13. The molecule has 1 fully saturated rings. The van der Waals surface area contributed by atoms with Crippen LogP contribution in [-0.4, -0.2) is 50.2 Å². The first-order valence-corrected chi connectivity index (χ1v) is 10.9. The zero-order valence-electron chi connectivity index (χ0n) is 18.1. The van der Waals surface area contributed by atoms with E-state index in [1.807, 2.05) is 66.3 Å². The normalized spacial score (nSPS) is 17.4. The van der Waals surface area contributed by atoms with E-state index in [0.29, 0.717) is 24.5 Å². The maximum atomic E-state index is 13.5. The lowest BCUT2D eigenvalue weighted by atomic mass is 9.96. The highest BCUT2D eigenvalue weighted by atomic mass is 16.2. The summed E-state index contributed by atoms with van der Waals surface area (Å²) < 4.78 is 3.69. The molecule has 0 radical (unpaired) electrons. The summed E-state index contributed by atoms with van der Waals surface area (Å²) in [4.78, 5) is 28.0. The molecule has 3 aromatic rings. The second-order valence-corrected chi connectivity index (χ2v) is 8.13. The lowest BCUT2D eigenvalue weighted by Crippen LogP contribution is -2.47. The fraction of sp³-hybridized carbons (Fsp3) is 0.375. The molecule has 162 valence electrons. The summed E-state index contributed by atoms with van der Waals surface area (Å²) in [5.41, 5.74) is 1.41. The molecule has 2 aromatic heterocycles. The van der Waals surface area contributed by atoms with Crippen molar-refractivity contribution in [3.8, 4) is 11.5 Å². The largest absolute Gasteiger partial charge is 0.353 e. The van der Waals surface area contributed by atoms with Crippen molar-refractivity contribution in [1.82, 2.24) is 24.6 Å². The van der Waals surface area contributed by atoms with Gasteiger partial charge in [-0.3, -0.25) is 9.59 Å². The number of piperidine rings is 1. The first-order valence-electron chi connectivity index (χ1n) is 10.9. The molecule has 31 heavy (non-hydrogen) atoms. The van der Waals surface area contributed by atoms with Crippen molar-refractivity contribution >= 4 is 11.8 Å². The van der Waals surface area contributed by atoms with E-state index in [9.17, 15) is 9.59 Å². The highest BCUT2D eigenvalue weighted by Crippen LogP contribution is 2.24. The highest BCUT2D eigenvalue weighted by molar-refractivity contribution is 5.97. The molecule has 2 atom stereocenters. The minimum absolute atomic E-state index is 0.0393. The van der Waals surface area contributed by atoms with E-state index in [2.05, 4.69) is 17.3 Å². The molecule has 0 unspecified atom stereocenters. The van der Waals surface area contributed by atoms with E-state index >= 15 is 0 Å². The lowest BCUT2D eigenvalue weighted by molar-refractivity contribution is -0.126. The van der Waals surface area contributed by atoms with Crippen molar-refractivity contribution in [3.63, 3.8) is 0 Å². The van der Waals surface area contributed by atoms with Crippen LogP contribution in [0.25, 0.3) is 11.5 Å². The van der Waals surface area contributed by atoms with Gasteiger partial charge in [0.05, 0.1) is 17.8 Å². The van der Waals surface area contributed by atoms with E-state index in [1.54, 1.807) is 15.8 Å². The molecule has 1 N–H and O–H groups in total. The van der Waals surface area contributed by atoms with Crippen LogP contribution in [-0.2, 0) is 4.79 Å². The van der Waals surface area contributed by atoms with Crippen LogP contribution in [0.15, 0.2) is 61.1 Å². The van der Waals surface area contributed by atoms with Crippen molar-refractivity contribution in [3.05, 3.63) is 66.6 Å². The monoisotopic (exact) mass is 419 g/mol. The topological polar surface area (TPSA) is 72.2 Å². The fourth-order valence-corrected chi connectivity index (χ4v) is 3.98. The Morgan fingerprint density at radius 3 is 2.61 bits per heavy atom. The molecule has 0 spiro atoms. The zero-order valence-corrected chi connectivity index (χ0v) is 18.1. The number of nitrogens with zero attached hydrogens (tertiary/aromatic N) is 4. The van der Waals surface area contributed by atoms with Gasteiger partial charge >= 0.3 is 0 Å². The number of rotatable bonds is 6. The second kappa shape index (κ2) is 9.20. The zero-order chi connectivity index (χ0) is 21.8. The SMILES string of the molecule is CC[C@H](C)NC(=O)[C@H]1CCCN(C(=O)c2cnn(-c3ccccc3)c2-n2cccc2)C1. The van der Waals surface area contributed by atoms with Gasteiger partial charge in [0.25, 0.3) is 5.91 Å². The van der Waals surface area contributed by atoms with Gasteiger partial charge in [-0.25, -0.2) is 4.68 Å². The van der Waals surface area contributed by atoms with Crippen molar-refractivity contribution in [2.75, 3.05) is 13.1 Å². The molecule has 7 heteroatoms. The maximum Gasteiger partial charge on any atom is 0.259 e. The Bertz CT molecular complexity index is 1030. The number of hydrogen-bond acceptors (Lipinski definition) is 3. The van der Waals surface area contributed by atoms with E-state index in [1.165, 1.54) is 0 Å². The summed E-state index contributed by atoms with van der Waals surface area (Å²) in [5, 5.41) is 7.59. The third-order valence-corrected chi connectivity index (χ3v) is 5.90. The van der Waals surface area contributed by atoms with E-state index in [4.69, 9.17) is 0 Å². The minimum atomic E-state index is -0.175. The molecule has 0 saturated carbocycles. The fourth-order valence-electron chi connectivity index (χ4n) is 3.98. The van der Waals surface area contributed by atoms with Crippen molar-refractivity contribution < 1.29 is 9.59 Å². The summed E-state index contributed by atoms with van der Waals surface area (Å²) in [5.74, 6) is 0.475. The molecule has 4 rings (SSSR count). The smallest absolute Gasteiger partial charge is 0.259 e. The van der Waals surface area contributed by atoms with Crippen LogP contribution in [0.5, 0.6) is 0 Å². The van der Waals surface area contributed by atoms with Crippen molar-refractivity contribution in [2.45, 2.75) is 39.2 Å². The number of amides is 2. The summed E-state index contributed by atoms with van der Waals surface area (Å²) in [7, 11) is 0. The summed E-state index contributed by atoms with van der Waals surface area (Å²) in [6.07, 6.45) is 7.96. The molecule has 1 aliphatic heterocycles. The van der Waals surface area contributed by atoms with Gasteiger partial charge < -0.3 is 14.8 Å². The molecule has 7 nitrogen and oxygen atoms in total. The van der Waals surface area contributed by atoms with Crippen LogP contribution in [0.4, 0.5) is 0 Å². The van der Waals surface area contributed by atoms with Crippen molar-refractivity contribution in [2.24, 2.45) is 5.92 Å². The van der Waals surface area contributed by atoms with E-state index in [0.717, 1.165) is 24.9 Å². The maximum absolute atomic E-state index is 13.5. The van der Waals surface area contributed by atoms with Gasteiger partial charge in [0.15, 0.2) is 5.82 Å². The number of carbonyl (C=O) groups excluding carboxylic acids is 2. The van der Waals surface area contributed by atoms with Gasteiger partial charge in [0, 0.05) is 31.5 Å². The molecule has 0 bridgehead atoms. The van der Waals surface area contributed by atoms with Gasteiger partial charge in [-0.1, -0.05) is 25.1 Å². The first-order chi connectivity index (χ1) is 15.1. The number of hydrogen-bond donors (Lipinski definition) is 1. The quantitative estimate of drug-likeness (QED) is 0.665. The summed E-state index contributed by atoms with van der Waals surface area (Å²) >= 11 is 0. The molecular formula is C24H29N5O2. The molecule has 3 heterocycles. The lowest BCUT2D eigenvalue weighted by Gasteiger charge is -2.32. The Hall–Kier alpha value is -3.35. The van der Waals surface area contributed by atoms with Crippen LogP contribution in [0.2, 0.25) is 0 Å². The molecule has 1 aromatic carbocycles. The highest BCUT2D eigenvalue weighted by Gasteiger charge is 2.31. The van der Waals surface area contributed by atoms with Crippen LogP contribution in [0.3, 0.4) is 0 Å². The van der Waals surface area contributed by atoms with Crippen LogP contribution in [0.1, 0.15) is 43.5 Å². The van der Waals surface area contributed by atoms with Crippen LogP contribution < -0.4 is 5.32 Å². The molecule has 2 amide bonds. The predicted octanol–water partition coefficient (Wildman–Crippen LogP) is 3.43. The standard InChI is InChI=1S/C24H29N5O2/c1-3-18(2)26-22(30)19-10-9-15-28(17-19)24(31)21-16-25-29(20-11-5-4-6-12-20)23(21)27-13-7-8-14-27/h4-8,11-14,16,18-19H,3,9-10,15,17H2,1-2H3,(H,26,30)/t18-,19-/m0/s1. The number of para-hydroxylation sites is 1. The van der Waals surface area contributed by atoms with Crippen LogP contribution >= 0.6 is 0 Å². The van der Waals surface area contributed by atoms with Gasteiger partial charge in [-0.2, -0.15) is 5.10 Å². The third kappa shape index (κ3) is 4.40. The first kappa shape index (κ1) is 20.9. The number of aromatic nitrogens is 3. The average Bonchev–Trinajstić information content (AvgIpc) is 3.49. The predicted molar refractivity (Wildman–Crippen MR) is 119 cm³/mol. The Morgan fingerprint density at radius 2 is 1.90 bits per heavy atom. The molecule has 1 saturated heterocycles. The van der Waals surface area contributed by atoms with E-state index in [-0.39, 0.29) is 23.8 Å². The van der Waals surface area contributed by atoms with Gasteiger partial charge in [-0.05, 0) is 50.5 Å². The molecule has 1 aliphatic rings. The van der Waals surface area contributed by atoms with Crippen LogP contribution in [0, 0.1) is 5.92 Å². The average molecular weight is 420 g/mol. The molecular weight excluding hydrogens is 390 g/mol. The molecule has 0 aliphatic carbocycles. The summed E-state index contributed by atoms with van der Waals surface area (Å²) in [6, 6.07) is 13.8. The Labute approximate surface area is 182 Å². The van der Waals surface area contributed by atoms with Gasteiger partial charge in [0.1, 0.15) is 5.56 Å². The number of likely N-dealkylation sites (tertiary alicyclic amines) is 1. The number of carbonyl (C=O) groups is 2. The van der Waals surface area contributed by atoms with E-state index < -0.39 is 0 Å². The van der Waals surface area contributed by atoms with Gasteiger partial charge in [0.2, 0.25) is 5.91 Å². The minimum Gasteiger partial charge on any atom is -0.353 e. The number of nitrogens with one attached hydrogen (secondary N) is 1. The third-order valence-electron chi connectivity index (χ3n) is 5.90.